The zero-order valence-electron chi connectivity index (χ0n) is 23.1. The van der Waals surface area contributed by atoms with Crippen molar-refractivity contribution < 1.29 is 0 Å². The van der Waals surface area contributed by atoms with Gasteiger partial charge < -0.3 is 4.90 Å². The van der Waals surface area contributed by atoms with Crippen LogP contribution >= 0.6 is 11.3 Å². The maximum absolute atomic E-state index is 2.49. The van der Waals surface area contributed by atoms with Crippen molar-refractivity contribution in [2.24, 2.45) is 0 Å². The summed E-state index contributed by atoms with van der Waals surface area (Å²) in [6, 6.07) is 51.0. The van der Waals surface area contributed by atoms with Gasteiger partial charge in [0.05, 0.1) is 11.4 Å². The molecule has 0 unspecified atom stereocenters. The fraction of sp³-hybridized carbons (Fsp3) is 0.0769. The van der Waals surface area contributed by atoms with Crippen LogP contribution in [0, 0.1) is 0 Å². The summed E-state index contributed by atoms with van der Waals surface area (Å²) in [5.41, 5.74) is 11.4. The Kier molecular flexibility index (Phi) is 5.42. The molecule has 7 aromatic rings. The molecule has 0 saturated heterocycles. The van der Waals surface area contributed by atoms with E-state index >= 15 is 0 Å². The van der Waals surface area contributed by atoms with E-state index in [0.29, 0.717) is 0 Å². The fourth-order valence-corrected chi connectivity index (χ4v) is 7.83. The topological polar surface area (TPSA) is 3.24 Å². The van der Waals surface area contributed by atoms with Crippen LogP contribution in [0.4, 0.5) is 17.1 Å². The molecule has 0 N–H and O–H groups in total. The van der Waals surface area contributed by atoms with E-state index in [2.05, 4.69) is 158 Å². The predicted molar refractivity (Wildman–Crippen MR) is 177 cm³/mol. The van der Waals surface area contributed by atoms with Gasteiger partial charge in [-0.1, -0.05) is 117 Å². The SMILES string of the molecule is CC1(C)c2ccccc2-c2c(N(c3ccc(-c4ccccc4)cc3)c3cccc4sc5ccccc5c34)cccc21. The zero-order valence-corrected chi connectivity index (χ0v) is 24.0. The number of rotatable bonds is 4. The van der Waals surface area contributed by atoms with Crippen LogP contribution in [-0.2, 0) is 5.41 Å². The minimum atomic E-state index is -0.0636. The average molecular weight is 544 g/mol. The Hall–Kier alpha value is -4.66. The van der Waals surface area contributed by atoms with Crippen molar-refractivity contribution >= 4 is 48.6 Å². The molecule has 1 aliphatic rings. The third-order valence-electron chi connectivity index (χ3n) is 8.68. The molecule has 1 nitrogen and oxygen atoms in total. The monoisotopic (exact) mass is 543 g/mol. The van der Waals surface area contributed by atoms with Gasteiger partial charge in [-0.15, -0.1) is 11.3 Å². The van der Waals surface area contributed by atoms with E-state index < -0.39 is 0 Å². The maximum Gasteiger partial charge on any atom is 0.0555 e. The second-order valence-electron chi connectivity index (χ2n) is 11.4. The third kappa shape index (κ3) is 3.68. The van der Waals surface area contributed by atoms with E-state index in [1.165, 1.54) is 64.9 Å². The van der Waals surface area contributed by atoms with Crippen molar-refractivity contribution in [2.75, 3.05) is 4.90 Å². The smallest absolute Gasteiger partial charge is 0.0555 e. The second-order valence-corrected chi connectivity index (χ2v) is 12.5. The molecule has 0 fully saturated rings. The van der Waals surface area contributed by atoms with E-state index in [1.54, 1.807) is 0 Å². The molecule has 0 spiro atoms. The first kappa shape index (κ1) is 24.2. The molecule has 0 aliphatic heterocycles. The molecular formula is C39H29NS. The summed E-state index contributed by atoms with van der Waals surface area (Å²) in [6.45, 7) is 4.71. The summed E-state index contributed by atoms with van der Waals surface area (Å²) in [4.78, 5) is 2.49. The van der Waals surface area contributed by atoms with Crippen LogP contribution in [0.5, 0.6) is 0 Å². The molecule has 0 amide bonds. The lowest BCUT2D eigenvalue weighted by Crippen LogP contribution is -2.16. The van der Waals surface area contributed by atoms with Gasteiger partial charge in [-0.25, -0.2) is 0 Å². The highest BCUT2D eigenvalue weighted by Gasteiger charge is 2.37. The Morgan fingerprint density at radius 3 is 2.00 bits per heavy atom. The molecule has 2 heteroatoms. The number of benzene rings is 6. The molecule has 0 radical (unpaired) electrons. The minimum absolute atomic E-state index is 0.0636. The summed E-state index contributed by atoms with van der Waals surface area (Å²) >= 11 is 1.87. The van der Waals surface area contributed by atoms with Crippen molar-refractivity contribution in [1.82, 2.24) is 0 Å². The largest absolute Gasteiger partial charge is 0.309 e. The summed E-state index contributed by atoms with van der Waals surface area (Å²) < 4.78 is 2.63. The van der Waals surface area contributed by atoms with Crippen LogP contribution < -0.4 is 4.90 Å². The van der Waals surface area contributed by atoms with Crippen molar-refractivity contribution in [3.05, 3.63) is 151 Å². The predicted octanol–water partition coefficient (Wildman–Crippen LogP) is 11.5. The highest BCUT2D eigenvalue weighted by atomic mass is 32.1. The minimum Gasteiger partial charge on any atom is -0.309 e. The van der Waals surface area contributed by atoms with E-state index in [4.69, 9.17) is 0 Å². The molecule has 8 rings (SSSR count). The van der Waals surface area contributed by atoms with Gasteiger partial charge >= 0.3 is 0 Å². The van der Waals surface area contributed by atoms with Crippen LogP contribution in [0.1, 0.15) is 25.0 Å². The van der Waals surface area contributed by atoms with Gasteiger partial charge in [0.15, 0.2) is 0 Å². The maximum atomic E-state index is 2.49. The number of fused-ring (bicyclic) bond motifs is 6. The van der Waals surface area contributed by atoms with Crippen molar-refractivity contribution in [1.29, 1.82) is 0 Å². The van der Waals surface area contributed by atoms with Gasteiger partial charge in [0.25, 0.3) is 0 Å². The molecule has 6 aromatic carbocycles. The highest BCUT2D eigenvalue weighted by Crippen LogP contribution is 2.55. The first-order valence-corrected chi connectivity index (χ1v) is 15.0. The van der Waals surface area contributed by atoms with Crippen molar-refractivity contribution in [3.63, 3.8) is 0 Å². The first-order valence-electron chi connectivity index (χ1n) is 14.2. The molecule has 1 heterocycles. The van der Waals surface area contributed by atoms with Crippen LogP contribution in [-0.4, -0.2) is 0 Å². The first-order chi connectivity index (χ1) is 20.1. The zero-order chi connectivity index (χ0) is 27.6. The van der Waals surface area contributed by atoms with Gasteiger partial charge in [-0.05, 0) is 64.2 Å². The summed E-state index contributed by atoms with van der Waals surface area (Å²) in [6.07, 6.45) is 0. The average Bonchev–Trinajstić information content (AvgIpc) is 3.52. The van der Waals surface area contributed by atoms with Gasteiger partial charge in [-0.3, -0.25) is 0 Å². The Labute approximate surface area is 245 Å². The molecule has 0 saturated carbocycles. The van der Waals surface area contributed by atoms with E-state index in [0.717, 1.165) is 5.69 Å². The Morgan fingerprint density at radius 2 is 1.15 bits per heavy atom. The Bertz CT molecular complexity index is 2070. The standard InChI is InChI=1S/C39H29NS/c1-39(2)31-16-8-6-14-29(31)37-32(39)17-10-18-33(37)40(28-24-22-27(23-25-28)26-12-4-3-5-13-26)34-19-11-21-36-38(34)30-15-7-9-20-35(30)41-36/h3-25H,1-2H3. The normalized spacial score (nSPS) is 13.3. The lowest BCUT2D eigenvalue weighted by atomic mass is 9.82. The lowest BCUT2D eigenvalue weighted by molar-refractivity contribution is 0.660. The number of hydrogen-bond donors (Lipinski definition) is 0. The molecule has 41 heavy (non-hydrogen) atoms. The molecule has 0 bridgehead atoms. The second kappa shape index (κ2) is 9.19. The van der Waals surface area contributed by atoms with Crippen LogP contribution in [0.25, 0.3) is 42.4 Å². The number of anilines is 3. The van der Waals surface area contributed by atoms with Gasteiger partial charge in [0.2, 0.25) is 0 Å². The quantitative estimate of drug-likeness (QED) is 0.213. The van der Waals surface area contributed by atoms with Gasteiger partial charge in [0.1, 0.15) is 0 Å². The van der Waals surface area contributed by atoms with Crippen LogP contribution in [0.2, 0.25) is 0 Å². The van der Waals surface area contributed by atoms with E-state index in [-0.39, 0.29) is 5.41 Å². The lowest BCUT2D eigenvalue weighted by Gasteiger charge is -2.29. The Balaban J connectivity index is 1.42. The van der Waals surface area contributed by atoms with E-state index in [1.807, 2.05) is 11.3 Å². The van der Waals surface area contributed by atoms with Crippen LogP contribution in [0.15, 0.2) is 140 Å². The third-order valence-corrected chi connectivity index (χ3v) is 9.82. The number of nitrogens with zero attached hydrogens (tertiary/aromatic N) is 1. The Morgan fingerprint density at radius 1 is 0.512 bits per heavy atom. The summed E-state index contributed by atoms with van der Waals surface area (Å²) in [5, 5.41) is 2.62. The number of thiophene rings is 1. The van der Waals surface area contributed by atoms with Crippen molar-refractivity contribution in [3.8, 4) is 22.3 Å². The van der Waals surface area contributed by atoms with Gasteiger partial charge in [0, 0.05) is 36.8 Å². The van der Waals surface area contributed by atoms with Crippen molar-refractivity contribution in [2.45, 2.75) is 19.3 Å². The summed E-state index contributed by atoms with van der Waals surface area (Å²) in [5.74, 6) is 0. The molecular weight excluding hydrogens is 515 g/mol. The number of hydrogen-bond acceptors (Lipinski definition) is 2. The van der Waals surface area contributed by atoms with Crippen LogP contribution in [0.3, 0.4) is 0 Å². The highest BCUT2D eigenvalue weighted by molar-refractivity contribution is 7.26. The molecule has 1 aromatic heterocycles. The van der Waals surface area contributed by atoms with E-state index in [9.17, 15) is 0 Å². The molecule has 196 valence electrons. The summed E-state index contributed by atoms with van der Waals surface area (Å²) in [7, 11) is 0. The molecule has 1 aliphatic carbocycles. The molecule has 0 atom stereocenters. The fourth-order valence-electron chi connectivity index (χ4n) is 6.71. The van der Waals surface area contributed by atoms with Gasteiger partial charge in [-0.2, -0.15) is 0 Å².